The lowest BCUT2D eigenvalue weighted by atomic mass is 9.98. The predicted octanol–water partition coefficient (Wildman–Crippen LogP) is 4.30. The number of benzene rings is 2. The molecule has 2 aromatic carbocycles. The molecule has 1 amide bonds. The third kappa shape index (κ3) is 7.41. The number of hydrogen-bond donors (Lipinski definition) is 1. The Morgan fingerprint density at radius 2 is 1.73 bits per heavy atom. The Balaban J connectivity index is 1.89. The molecule has 1 aromatic heterocycles. The van der Waals surface area contributed by atoms with E-state index in [-0.39, 0.29) is 18.6 Å². The van der Waals surface area contributed by atoms with Crippen LogP contribution in [0.2, 0.25) is 0 Å². The number of methoxy groups -OCH3 is 2. The van der Waals surface area contributed by atoms with E-state index in [1.807, 2.05) is 67.6 Å². The summed E-state index contributed by atoms with van der Waals surface area (Å²) in [6, 6.07) is 20.5. The van der Waals surface area contributed by atoms with Gasteiger partial charge in [-0.25, -0.2) is 9.78 Å². The minimum Gasteiger partial charge on any atom is -0.469 e. The van der Waals surface area contributed by atoms with Gasteiger partial charge in [0.25, 0.3) is 0 Å². The van der Waals surface area contributed by atoms with Crippen molar-refractivity contribution >= 4 is 29.6 Å². The average molecular weight is 518 g/mol. The number of aryl methyl sites for hydroxylation is 1. The van der Waals surface area contributed by atoms with Crippen LogP contribution in [0.15, 0.2) is 65.7 Å². The van der Waals surface area contributed by atoms with Crippen molar-refractivity contribution in [3.05, 3.63) is 71.8 Å². The lowest BCUT2D eigenvalue weighted by Gasteiger charge is -2.16. The molecule has 1 heterocycles. The molecule has 0 saturated heterocycles. The van der Waals surface area contributed by atoms with Crippen molar-refractivity contribution in [2.45, 2.75) is 30.8 Å². The van der Waals surface area contributed by atoms with Crippen molar-refractivity contribution in [2.75, 3.05) is 20.0 Å². The number of carbonyl (C=O) groups is 3. The van der Waals surface area contributed by atoms with Crippen molar-refractivity contribution < 1.29 is 23.9 Å². The van der Waals surface area contributed by atoms with Crippen LogP contribution in [0, 0.1) is 18.3 Å². The van der Waals surface area contributed by atoms with Gasteiger partial charge in [-0.1, -0.05) is 71.9 Å². The molecule has 37 heavy (non-hydrogen) atoms. The van der Waals surface area contributed by atoms with Crippen LogP contribution >= 0.6 is 11.8 Å². The number of thioether (sulfide) groups is 1. The molecule has 3 aromatic rings. The predicted molar refractivity (Wildman–Crippen MR) is 140 cm³/mol. The number of pyridine rings is 1. The lowest BCUT2D eigenvalue weighted by Crippen LogP contribution is -2.42. The van der Waals surface area contributed by atoms with Gasteiger partial charge in [0, 0.05) is 17.5 Å². The number of nitrogens with zero attached hydrogens (tertiary/aromatic N) is 2. The van der Waals surface area contributed by atoms with E-state index in [4.69, 9.17) is 9.72 Å². The number of nitriles is 1. The molecule has 0 unspecified atom stereocenters. The van der Waals surface area contributed by atoms with Crippen LogP contribution in [0.25, 0.3) is 22.4 Å². The number of hydrogen-bond acceptors (Lipinski definition) is 8. The van der Waals surface area contributed by atoms with Crippen molar-refractivity contribution in [3.8, 4) is 28.5 Å². The van der Waals surface area contributed by atoms with E-state index >= 15 is 0 Å². The van der Waals surface area contributed by atoms with Crippen molar-refractivity contribution in [1.82, 2.24) is 10.3 Å². The van der Waals surface area contributed by atoms with Crippen molar-refractivity contribution in [2.24, 2.45) is 0 Å². The van der Waals surface area contributed by atoms with E-state index in [1.54, 1.807) is 0 Å². The Hall–Kier alpha value is -4.16. The maximum atomic E-state index is 12.7. The number of esters is 2. The monoisotopic (exact) mass is 517 g/mol. The van der Waals surface area contributed by atoms with Crippen LogP contribution in [0.1, 0.15) is 24.0 Å². The fourth-order valence-corrected chi connectivity index (χ4v) is 4.39. The normalized spacial score (nSPS) is 11.2. The maximum absolute atomic E-state index is 12.7. The van der Waals surface area contributed by atoms with Crippen LogP contribution in [0.5, 0.6) is 0 Å². The molecule has 9 heteroatoms. The Labute approximate surface area is 220 Å². The van der Waals surface area contributed by atoms with E-state index in [0.717, 1.165) is 28.5 Å². The van der Waals surface area contributed by atoms with Gasteiger partial charge in [0.2, 0.25) is 5.91 Å². The second-order valence-electron chi connectivity index (χ2n) is 8.13. The van der Waals surface area contributed by atoms with Crippen molar-refractivity contribution in [3.63, 3.8) is 0 Å². The van der Waals surface area contributed by atoms with Gasteiger partial charge in [-0.05, 0) is 25.0 Å². The third-order valence-electron chi connectivity index (χ3n) is 5.56. The zero-order chi connectivity index (χ0) is 26.8. The summed E-state index contributed by atoms with van der Waals surface area (Å²) >= 11 is 1.10. The minimum absolute atomic E-state index is 0.0402. The van der Waals surface area contributed by atoms with E-state index in [1.165, 1.54) is 14.2 Å². The van der Waals surface area contributed by atoms with Gasteiger partial charge in [0.1, 0.15) is 17.1 Å². The molecule has 0 fully saturated rings. The molecule has 0 spiro atoms. The molecule has 3 rings (SSSR count). The van der Waals surface area contributed by atoms with E-state index in [2.05, 4.69) is 16.1 Å². The smallest absolute Gasteiger partial charge is 0.328 e. The molecule has 1 N–H and O–H groups in total. The van der Waals surface area contributed by atoms with Crippen LogP contribution in [-0.2, 0) is 23.9 Å². The van der Waals surface area contributed by atoms with E-state index in [9.17, 15) is 19.6 Å². The Morgan fingerprint density at radius 1 is 1.03 bits per heavy atom. The van der Waals surface area contributed by atoms with Gasteiger partial charge in [-0.15, -0.1) is 0 Å². The molecule has 1 atom stereocenters. The Morgan fingerprint density at radius 3 is 2.35 bits per heavy atom. The second kappa shape index (κ2) is 13.2. The topological polar surface area (TPSA) is 118 Å². The highest BCUT2D eigenvalue weighted by molar-refractivity contribution is 8.00. The first-order valence-electron chi connectivity index (χ1n) is 11.5. The molecular weight excluding hydrogens is 490 g/mol. The quantitative estimate of drug-likeness (QED) is 0.312. The van der Waals surface area contributed by atoms with Gasteiger partial charge in [-0.2, -0.15) is 5.26 Å². The highest BCUT2D eigenvalue weighted by Crippen LogP contribution is 2.34. The number of carbonyl (C=O) groups excluding carboxylic acids is 3. The SMILES string of the molecule is COC(=O)CC[C@H](NC(=O)CSc1nc(-c2ccccc2)cc(-c2ccc(C)cc2)c1C#N)C(=O)OC. The number of amides is 1. The van der Waals surface area contributed by atoms with E-state index < -0.39 is 23.9 Å². The highest BCUT2D eigenvalue weighted by atomic mass is 32.2. The summed E-state index contributed by atoms with van der Waals surface area (Å²) < 4.78 is 9.35. The molecule has 8 nitrogen and oxygen atoms in total. The second-order valence-corrected chi connectivity index (χ2v) is 9.09. The fourth-order valence-electron chi connectivity index (χ4n) is 3.58. The largest absolute Gasteiger partial charge is 0.469 e. The lowest BCUT2D eigenvalue weighted by molar-refractivity contribution is -0.146. The van der Waals surface area contributed by atoms with Gasteiger partial charge < -0.3 is 14.8 Å². The first-order chi connectivity index (χ1) is 17.9. The summed E-state index contributed by atoms with van der Waals surface area (Å²) in [5.74, 6) is -1.72. The molecule has 0 aliphatic heterocycles. The molecule has 0 radical (unpaired) electrons. The Kier molecular flexibility index (Phi) is 9.81. The summed E-state index contributed by atoms with van der Waals surface area (Å²) in [6.07, 6.45) is -0.0125. The zero-order valence-electron chi connectivity index (χ0n) is 20.8. The van der Waals surface area contributed by atoms with Crippen molar-refractivity contribution in [1.29, 1.82) is 5.26 Å². The Bertz CT molecular complexity index is 1300. The van der Waals surface area contributed by atoms with Crippen LogP contribution in [0.3, 0.4) is 0 Å². The van der Waals surface area contributed by atoms with Crippen LogP contribution in [0.4, 0.5) is 0 Å². The molecule has 190 valence electrons. The van der Waals surface area contributed by atoms with Crippen LogP contribution < -0.4 is 5.32 Å². The van der Waals surface area contributed by atoms with Gasteiger partial charge >= 0.3 is 11.9 Å². The summed E-state index contributed by atoms with van der Waals surface area (Å²) in [6.45, 7) is 1.99. The third-order valence-corrected chi connectivity index (χ3v) is 6.53. The highest BCUT2D eigenvalue weighted by Gasteiger charge is 2.23. The molecular formula is C28H27N3O5S. The standard InChI is InChI=1S/C28H27N3O5S/c1-18-9-11-19(12-10-18)21-15-24(20-7-5-4-6-8-20)31-27(22(21)16-29)37-17-25(32)30-23(28(34)36-3)13-14-26(33)35-2/h4-12,15,23H,13-14,17H2,1-3H3,(H,30,32)/t23-/m0/s1. The number of nitrogens with one attached hydrogen (secondary N) is 1. The minimum atomic E-state index is -1.00. The van der Waals surface area contributed by atoms with Crippen LogP contribution in [-0.4, -0.2) is 48.8 Å². The molecule has 0 aliphatic carbocycles. The summed E-state index contributed by atoms with van der Waals surface area (Å²) in [4.78, 5) is 41.0. The first kappa shape index (κ1) is 27.4. The molecule has 0 bridgehead atoms. The van der Waals surface area contributed by atoms with Gasteiger partial charge in [-0.3, -0.25) is 9.59 Å². The summed E-state index contributed by atoms with van der Waals surface area (Å²) in [5.41, 5.74) is 4.57. The number of ether oxygens (including phenoxy) is 2. The first-order valence-corrected chi connectivity index (χ1v) is 12.5. The number of aromatic nitrogens is 1. The zero-order valence-corrected chi connectivity index (χ0v) is 21.6. The van der Waals surface area contributed by atoms with E-state index in [0.29, 0.717) is 21.8 Å². The number of rotatable bonds is 10. The molecule has 0 aliphatic rings. The maximum Gasteiger partial charge on any atom is 0.328 e. The fraction of sp³-hybridized carbons (Fsp3) is 0.250. The average Bonchev–Trinajstić information content (AvgIpc) is 2.93. The van der Waals surface area contributed by atoms with Gasteiger partial charge in [0.15, 0.2) is 0 Å². The van der Waals surface area contributed by atoms with Gasteiger partial charge in [0.05, 0.1) is 31.2 Å². The summed E-state index contributed by atoms with van der Waals surface area (Å²) in [5, 5.41) is 13.0. The molecule has 0 saturated carbocycles. The summed E-state index contributed by atoms with van der Waals surface area (Å²) in [7, 11) is 2.46.